The Morgan fingerprint density at radius 3 is 2.50 bits per heavy atom. The van der Waals surface area contributed by atoms with Crippen molar-refractivity contribution in [1.82, 2.24) is 5.32 Å². The number of sulfonamides is 1. The zero-order chi connectivity index (χ0) is 25.3. The van der Waals surface area contributed by atoms with Gasteiger partial charge in [-0.05, 0) is 71.3 Å². The Bertz CT molecular complexity index is 1530. The number of methoxy groups -OCH3 is 1. The highest BCUT2D eigenvalue weighted by Gasteiger charge is 2.37. The molecule has 0 aromatic heterocycles. The van der Waals surface area contributed by atoms with Crippen LogP contribution in [0.15, 0.2) is 89.8 Å². The summed E-state index contributed by atoms with van der Waals surface area (Å²) in [6.07, 6.45) is -1.01. The van der Waals surface area contributed by atoms with Gasteiger partial charge in [0.1, 0.15) is 11.5 Å². The molecule has 0 spiro atoms. The first kappa shape index (κ1) is 23.7. The number of aryl methyl sites for hydroxylation is 1. The predicted molar refractivity (Wildman–Crippen MR) is 139 cm³/mol. The molecule has 4 aromatic rings. The average molecular weight is 503 g/mol. The maximum absolute atomic E-state index is 13.6. The van der Waals surface area contributed by atoms with E-state index in [1.165, 1.54) is 23.5 Å². The third-order valence-electron chi connectivity index (χ3n) is 6.21. The highest BCUT2D eigenvalue weighted by molar-refractivity contribution is 7.92. The molecule has 7 nitrogen and oxygen atoms in total. The summed E-state index contributed by atoms with van der Waals surface area (Å²) < 4.78 is 39.6. The summed E-state index contributed by atoms with van der Waals surface area (Å²) in [5, 5.41) is 5.11. The number of benzene rings is 4. The van der Waals surface area contributed by atoms with Gasteiger partial charge in [-0.3, -0.25) is 9.10 Å². The molecule has 1 atom stereocenters. The maximum Gasteiger partial charge on any atom is 0.264 e. The Labute approximate surface area is 210 Å². The molecule has 0 radical (unpaired) electrons. The van der Waals surface area contributed by atoms with E-state index in [0.717, 1.165) is 21.9 Å². The number of fused-ring (bicyclic) bond motifs is 2. The number of hydrogen-bond acceptors (Lipinski definition) is 5. The summed E-state index contributed by atoms with van der Waals surface area (Å²) in [5.41, 5.74) is 2.24. The third kappa shape index (κ3) is 4.59. The van der Waals surface area contributed by atoms with Crippen molar-refractivity contribution in [3.8, 4) is 11.5 Å². The van der Waals surface area contributed by atoms with Gasteiger partial charge in [0.15, 0.2) is 6.10 Å². The second-order valence-electron chi connectivity index (χ2n) is 8.69. The van der Waals surface area contributed by atoms with Gasteiger partial charge in [-0.15, -0.1) is 0 Å². The van der Waals surface area contributed by atoms with Crippen LogP contribution < -0.4 is 19.1 Å². The van der Waals surface area contributed by atoms with E-state index >= 15 is 0 Å². The molecule has 0 saturated carbocycles. The number of ether oxygens (including phenoxy) is 2. The number of carbonyl (C=O) groups is 1. The Morgan fingerprint density at radius 2 is 1.75 bits per heavy atom. The topological polar surface area (TPSA) is 84.9 Å². The molecule has 0 saturated heterocycles. The van der Waals surface area contributed by atoms with E-state index in [-0.39, 0.29) is 17.3 Å². The van der Waals surface area contributed by atoms with E-state index in [0.29, 0.717) is 23.7 Å². The lowest BCUT2D eigenvalue weighted by molar-refractivity contribution is -0.127. The summed E-state index contributed by atoms with van der Waals surface area (Å²) in [7, 11) is -2.43. The number of anilines is 1. The van der Waals surface area contributed by atoms with Gasteiger partial charge < -0.3 is 14.8 Å². The zero-order valence-electron chi connectivity index (χ0n) is 20.0. The SMILES string of the molecule is COc1ccc(S(=O)(=O)N2C[C@@H](C(=O)NCc3ccc4ccccc4c3)Oc3cc(C)ccc32)cc1. The molecule has 0 aliphatic carbocycles. The molecule has 0 bridgehead atoms. The fraction of sp³-hybridized carbons (Fsp3) is 0.179. The number of nitrogens with zero attached hydrogens (tertiary/aromatic N) is 1. The van der Waals surface area contributed by atoms with Gasteiger partial charge in [-0.1, -0.05) is 42.5 Å². The maximum atomic E-state index is 13.6. The molecule has 4 aromatic carbocycles. The molecule has 1 N–H and O–H groups in total. The molecule has 0 fully saturated rings. The van der Waals surface area contributed by atoms with Crippen molar-refractivity contribution in [2.75, 3.05) is 18.0 Å². The monoisotopic (exact) mass is 502 g/mol. The van der Waals surface area contributed by atoms with Crippen LogP contribution in [0.5, 0.6) is 11.5 Å². The molecule has 1 aliphatic heterocycles. The highest BCUT2D eigenvalue weighted by atomic mass is 32.2. The molecule has 184 valence electrons. The first-order valence-electron chi connectivity index (χ1n) is 11.5. The Morgan fingerprint density at radius 1 is 1.00 bits per heavy atom. The molecule has 0 unspecified atom stereocenters. The zero-order valence-corrected chi connectivity index (χ0v) is 20.8. The average Bonchev–Trinajstić information content (AvgIpc) is 2.90. The number of rotatable bonds is 6. The molecule has 1 aliphatic rings. The van der Waals surface area contributed by atoms with Crippen LogP contribution in [0, 0.1) is 6.92 Å². The van der Waals surface area contributed by atoms with Crippen molar-refractivity contribution in [3.05, 3.63) is 96.1 Å². The summed E-state index contributed by atoms with van der Waals surface area (Å²) >= 11 is 0. The molecule has 36 heavy (non-hydrogen) atoms. The second kappa shape index (κ2) is 9.54. The smallest absolute Gasteiger partial charge is 0.264 e. The van der Waals surface area contributed by atoms with E-state index < -0.39 is 16.1 Å². The number of nitrogens with one attached hydrogen (secondary N) is 1. The van der Waals surface area contributed by atoms with Crippen molar-refractivity contribution in [1.29, 1.82) is 0 Å². The first-order valence-corrected chi connectivity index (χ1v) is 13.0. The lowest BCUT2D eigenvalue weighted by Gasteiger charge is -2.35. The van der Waals surface area contributed by atoms with Crippen LogP contribution in [-0.4, -0.2) is 34.1 Å². The minimum absolute atomic E-state index is 0.104. The third-order valence-corrected chi connectivity index (χ3v) is 8.00. The van der Waals surface area contributed by atoms with Crippen LogP contribution in [0.1, 0.15) is 11.1 Å². The van der Waals surface area contributed by atoms with E-state index in [2.05, 4.69) is 5.32 Å². The molecular formula is C28H26N2O5S. The lowest BCUT2D eigenvalue weighted by Crippen LogP contribution is -2.50. The van der Waals surface area contributed by atoms with Crippen LogP contribution in [0.2, 0.25) is 0 Å². The summed E-state index contributed by atoms with van der Waals surface area (Å²) in [4.78, 5) is 13.3. The van der Waals surface area contributed by atoms with Crippen molar-refractivity contribution >= 4 is 32.4 Å². The van der Waals surface area contributed by atoms with Gasteiger partial charge in [0.2, 0.25) is 0 Å². The van der Waals surface area contributed by atoms with E-state index in [9.17, 15) is 13.2 Å². The van der Waals surface area contributed by atoms with Crippen LogP contribution >= 0.6 is 0 Å². The summed E-state index contributed by atoms with van der Waals surface area (Å²) in [6, 6.07) is 25.4. The van der Waals surface area contributed by atoms with E-state index in [1.54, 1.807) is 24.3 Å². The Kier molecular flexibility index (Phi) is 6.28. The number of hydrogen-bond donors (Lipinski definition) is 1. The minimum atomic E-state index is -3.95. The number of carbonyl (C=O) groups excluding carboxylic acids is 1. The van der Waals surface area contributed by atoms with Crippen LogP contribution in [0.3, 0.4) is 0 Å². The molecular weight excluding hydrogens is 476 g/mol. The minimum Gasteiger partial charge on any atom is -0.497 e. The second-order valence-corrected chi connectivity index (χ2v) is 10.6. The molecule has 5 rings (SSSR count). The van der Waals surface area contributed by atoms with Crippen LogP contribution in [-0.2, 0) is 21.4 Å². The fourth-order valence-electron chi connectivity index (χ4n) is 4.25. The standard InChI is InChI=1S/C28H26N2O5S/c1-19-7-14-25-26(15-19)35-27(18-30(25)36(32,33)24-12-10-23(34-2)11-13-24)28(31)29-17-20-8-9-21-5-3-4-6-22(21)16-20/h3-16,27H,17-18H2,1-2H3,(H,29,31)/t27-/m0/s1. The lowest BCUT2D eigenvalue weighted by atomic mass is 10.1. The largest absolute Gasteiger partial charge is 0.497 e. The van der Waals surface area contributed by atoms with Crippen molar-refractivity contribution in [2.24, 2.45) is 0 Å². The fourth-order valence-corrected chi connectivity index (χ4v) is 5.73. The number of amides is 1. The summed E-state index contributed by atoms with van der Waals surface area (Å²) in [5.74, 6) is 0.521. The molecule has 8 heteroatoms. The van der Waals surface area contributed by atoms with Crippen molar-refractivity contribution in [3.63, 3.8) is 0 Å². The van der Waals surface area contributed by atoms with E-state index in [4.69, 9.17) is 9.47 Å². The summed E-state index contributed by atoms with van der Waals surface area (Å²) in [6.45, 7) is 2.04. The first-order chi connectivity index (χ1) is 17.3. The van der Waals surface area contributed by atoms with Crippen LogP contribution in [0.4, 0.5) is 5.69 Å². The Balaban J connectivity index is 1.40. The highest BCUT2D eigenvalue weighted by Crippen LogP contribution is 2.38. The van der Waals surface area contributed by atoms with Crippen molar-refractivity contribution < 1.29 is 22.7 Å². The van der Waals surface area contributed by atoms with Crippen LogP contribution in [0.25, 0.3) is 10.8 Å². The van der Waals surface area contributed by atoms with Crippen molar-refractivity contribution in [2.45, 2.75) is 24.5 Å². The normalized spacial score (nSPS) is 15.2. The van der Waals surface area contributed by atoms with Gasteiger partial charge in [-0.2, -0.15) is 0 Å². The van der Waals surface area contributed by atoms with Gasteiger partial charge >= 0.3 is 0 Å². The molecule has 1 heterocycles. The van der Waals surface area contributed by atoms with Gasteiger partial charge in [0, 0.05) is 6.54 Å². The Hall–Kier alpha value is -4.04. The van der Waals surface area contributed by atoms with E-state index in [1.807, 2.05) is 55.5 Å². The van der Waals surface area contributed by atoms with Gasteiger partial charge in [-0.25, -0.2) is 8.42 Å². The quantitative estimate of drug-likeness (QED) is 0.422. The van der Waals surface area contributed by atoms with Gasteiger partial charge in [0.25, 0.3) is 15.9 Å². The molecule has 1 amide bonds. The van der Waals surface area contributed by atoms with Gasteiger partial charge in [0.05, 0.1) is 24.2 Å². The predicted octanol–water partition coefficient (Wildman–Crippen LogP) is 4.43.